The van der Waals surface area contributed by atoms with Crippen LogP contribution in [-0.2, 0) is 0 Å². The summed E-state index contributed by atoms with van der Waals surface area (Å²) in [5, 5.41) is 9.01. The van der Waals surface area contributed by atoms with Crippen LogP contribution in [0, 0.1) is 5.82 Å². The van der Waals surface area contributed by atoms with Gasteiger partial charge >= 0.3 is 5.97 Å². The van der Waals surface area contributed by atoms with E-state index < -0.39 is 11.8 Å². The van der Waals surface area contributed by atoms with Crippen LogP contribution in [0.1, 0.15) is 9.67 Å². The number of thiophene rings is 1. The molecule has 0 saturated carbocycles. The molecule has 0 aliphatic rings. The van der Waals surface area contributed by atoms with E-state index in [0.717, 1.165) is 11.3 Å². The Bertz CT molecular complexity index is 521. The Balaban J connectivity index is 2.76. The summed E-state index contributed by atoms with van der Waals surface area (Å²) in [6.45, 7) is 0. The number of nitrogens with two attached hydrogens (primary N) is 1. The van der Waals surface area contributed by atoms with Crippen molar-refractivity contribution in [1.82, 2.24) is 0 Å². The number of anilines is 1. The topological polar surface area (TPSA) is 63.3 Å². The first-order valence-electron chi connectivity index (χ1n) is 3.80. The van der Waals surface area contributed by atoms with Gasteiger partial charge in [0.25, 0.3) is 0 Å². The summed E-state index contributed by atoms with van der Waals surface area (Å²) in [7, 11) is 0. The highest BCUT2D eigenvalue weighted by molar-refractivity contribution is 7.20. The van der Waals surface area contributed by atoms with Crippen LogP contribution >= 0.6 is 11.3 Å². The Hall–Kier alpha value is -1.62. The summed E-state index contributed by atoms with van der Waals surface area (Å²) in [6.07, 6.45) is 0. The Kier molecular flexibility index (Phi) is 1.89. The van der Waals surface area contributed by atoms with Crippen molar-refractivity contribution in [2.75, 3.05) is 5.73 Å². The van der Waals surface area contributed by atoms with E-state index in [1.807, 2.05) is 0 Å². The second kappa shape index (κ2) is 2.95. The number of carboxylic acids is 1. The molecule has 1 aromatic carbocycles. The van der Waals surface area contributed by atoms with Crippen molar-refractivity contribution in [3.05, 3.63) is 28.9 Å². The third-order valence-corrected chi connectivity index (χ3v) is 2.89. The Morgan fingerprint density at radius 1 is 1.43 bits per heavy atom. The summed E-state index contributed by atoms with van der Waals surface area (Å²) in [4.78, 5) is 10.7. The number of halogens is 1. The zero-order chi connectivity index (χ0) is 10.3. The third kappa shape index (κ3) is 1.31. The van der Waals surface area contributed by atoms with Crippen LogP contribution in [-0.4, -0.2) is 11.1 Å². The molecule has 1 aromatic heterocycles. The molecule has 3 N–H and O–H groups in total. The lowest BCUT2D eigenvalue weighted by Gasteiger charge is -1.94. The van der Waals surface area contributed by atoms with Gasteiger partial charge in [-0.05, 0) is 18.2 Å². The van der Waals surface area contributed by atoms with E-state index in [2.05, 4.69) is 0 Å². The minimum Gasteiger partial charge on any atom is -0.477 e. The molecule has 5 heteroatoms. The van der Waals surface area contributed by atoms with Crippen LogP contribution in [0.2, 0.25) is 0 Å². The number of benzene rings is 1. The van der Waals surface area contributed by atoms with Crippen molar-refractivity contribution in [1.29, 1.82) is 0 Å². The van der Waals surface area contributed by atoms with Gasteiger partial charge in [0.2, 0.25) is 0 Å². The fourth-order valence-corrected chi connectivity index (χ4v) is 2.18. The predicted molar refractivity (Wildman–Crippen MR) is 53.2 cm³/mol. The molecular weight excluding hydrogens is 205 g/mol. The van der Waals surface area contributed by atoms with Crippen LogP contribution in [0.15, 0.2) is 18.2 Å². The van der Waals surface area contributed by atoms with Gasteiger partial charge in [0, 0.05) is 15.8 Å². The van der Waals surface area contributed by atoms with Crippen molar-refractivity contribution in [3.8, 4) is 0 Å². The molecule has 0 amide bonds. The van der Waals surface area contributed by atoms with E-state index in [-0.39, 0.29) is 4.88 Å². The molecule has 1 heterocycles. The van der Waals surface area contributed by atoms with E-state index in [1.54, 1.807) is 6.07 Å². The molecule has 14 heavy (non-hydrogen) atoms. The maximum atomic E-state index is 13.3. The first kappa shape index (κ1) is 8.96. The van der Waals surface area contributed by atoms with Crippen molar-refractivity contribution >= 4 is 33.1 Å². The molecule has 2 aromatic rings. The van der Waals surface area contributed by atoms with Gasteiger partial charge in [-0.3, -0.25) is 0 Å². The molecule has 0 saturated heterocycles. The van der Waals surface area contributed by atoms with Crippen LogP contribution in [0.25, 0.3) is 10.1 Å². The van der Waals surface area contributed by atoms with Gasteiger partial charge < -0.3 is 10.8 Å². The zero-order valence-corrected chi connectivity index (χ0v) is 7.77. The Labute approximate surface area is 82.6 Å². The van der Waals surface area contributed by atoms with E-state index in [1.165, 1.54) is 12.1 Å². The zero-order valence-electron chi connectivity index (χ0n) is 6.95. The lowest BCUT2D eigenvalue weighted by Crippen LogP contribution is -1.89. The molecule has 0 aliphatic heterocycles. The van der Waals surface area contributed by atoms with Crippen molar-refractivity contribution in [2.45, 2.75) is 0 Å². The van der Waals surface area contributed by atoms with Crippen LogP contribution in [0.5, 0.6) is 0 Å². The highest BCUT2D eigenvalue weighted by Crippen LogP contribution is 2.29. The molecule has 72 valence electrons. The molecule has 0 spiro atoms. The second-order valence-corrected chi connectivity index (χ2v) is 3.91. The average molecular weight is 211 g/mol. The maximum Gasteiger partial charge on any atom is 0.345 e. The quantitative estimate of drug-likeness (QED) is 0.711. The number of carbonyl (C=O) groups is 1. The fourth-order valence-electron chi connectivity index (χ4n) is 1.22. The van der Waals surface area contributed by atoms with Gasteiger partial charge in [0.1, 0.15) is 10.7 Å². The van der Waals surface area contributed by atoms with Gasteiger partial charge in [0.05, 0.1) is 0 Å². The average Bonchev–Trinajstić information content (AvgIpc) is 2.47. The highest BCUT2D eigenvalue weighted by Gasteiger charge is 2.11. The minimum atomic E-state index is -1.05. The molecule has 0 aliphatic carbocycles. The van der Waals surface area contributed by atoms with Gasteiger partial charge in [0.15, 0.2) is 0 Å². The van der Waals surface area contributed by atoms with Crippen LogP contribution in [0.4, 0.5) is 10.1 Å². The third-order valence-electron chi connectivity index (χ3n) is 1.82. The molecule has 3 nitrogen and oxygen atoms in total. The standard InChI is InChI=1S/C9H6FNO2S/c10-6-1-4(11)2-7-5(6)3-8(14-7)9(12)13/h1-3H,11H2,(H,12,13). The number of carboxylic acid groups (broad SMARTS) is 1. The molecule has 0 fully saturated rings. The highest BCUT2D eigenvalue weighted by atomic mass is 32.1. The summed E-state index contributed by atoms with van der Waals surface area (Å²) in [6, 6.07) is 4.06. The molecule has 0 atom stereocenters. The van der Waals surface area contributed by atoms with Crippen LogP contribution < -0.4 is 5.73 Å². The number of hydrogen-bond acceptors (Lipinski definition) is 3. The van der Waals surface area contributed by atoms with Crippen LogP contribution in [0.3, 0.4) is 0 Å². The van der Waals surface area contributed by atoms with Gasteiger partial charge in [-0.25, -0.2) is 9.18 Å². The maximum absolute atomic E-state index is 13.3. The Morgan fingerprint density at radius 2 is 2.14 bits per heavy atom. The number of aromatic carboxylic acids is 1. The van der Waals surface area contributed by atoms with E-state index >= 15 is 0 Å². The molecular formula is C9H6FNO2S. The monoisotopic (exact) mass is 211 g/mol. The lowest BCUT2D eigenvalue weighted by molar-refractivity contribution is 0.0702. The molecule has 0 bridgehead atoms. The lowest BCUT2D eigenvalue weighted by atomic mass is 10.2. The predicted octanol–water partition coefficient (Wildman–Crippen LogP) is 2.32. The molecule has 0 radical (unpaired) electrons. The largest absolute Gasteiger partial charge is 0.477 e. The van der Waals surface area contributed by atoms with Crippen molar-refractivity contribution < 1.29 is 14.3 Å². The number of nitrogen functional groups attached to an aromatic ring is 1. The first-order chi connectivity index (χ1) is 6.58. The van der Waals surface area contributed by atoms with Crippen molar-refractivity contribution in [2.24, 2.45) is 0 Å². The van der Waals surface area contributed by atoms with Gasteiger partial charge in [-0.15, -0.1) is 11.3 Å². The van der Waals surface area contributed by atoms with Gasteiger partial charge in [-0.1, -0.05) is 0 Å². The second-order valence-electron chi connectivity index (χ2n) is 2.83. The number of hydrogen-bond donors (Lipinski definition) is 2. The summed E-state index contributed by atoms with van der Waals surface area (Å²) < 4.78 is 13.8. The fraction of sp³-hybridized carbons (Fsp3) is 0. The molecule has 0 unspecified atom stereocenters. The van der Waals surface area contributed by atoms with E-state index in [0.29, 0.717) is 15.8 Å². The summed E-state index contributed by atoms with van der Waals surface area (Å²) >= 11 is 1.01. The summed E-state index contributed by atoms with van der Waals surface area (Å²) in [5.74, 6) is -1.53. The number of fused-ring (bicyclic) bond motifs is 1. The van der Waals surface area contributed by atoms with Gasteiger partial charge in [-0.2, -0.15) is 0 Å². The van der Waals surface area contributed by atoms with Crippen molar-refractivity contribution in [3.63, 3.8) is 0 Å². The summed E-state index contributed by atoms with van der Waals surface area (Å²) in [5.41, 5.74) is 5.73. The Morgan fingerprint density at radius 3 is 2.79 bits per heavy atom. The number of rotatable bonds is 1. The SMILES string of the molecule is Nc1cc(F)c2cc(C(=O)O)sc2c1. The van der Waals surface area contributed by atoms with E-state index in [9.17, 15) is 9.18 Å². The first-order valence-corrected chi connectivity index (χ1v) is 4.61. The molecule has 2 rings (SSSR count). The smallest absolute Gasteiger partial charge is 0.345 e. The normalized spacial score (nSPS) is 10.6. The van der Waals surface area contributed by atoms with E-state index in [4.69, 9.17) is 10.8 Å². The minimum absolute atomic E-state index is 0.115.